The van der Waals surface area contributed by atoms with Crippen molar-refractivity contribution in [2.75, 3.05) is 25.3 Å². The largest absolute Gasteiger partial charge is 0.493 e. The van der Waals surface area contributed by atoms with Crippen molar-refractivity contribution in [1.82, 2.24) is 14.8 Å². The summed E-state index contributed by atoms with van der Waals surface area (Å²) in [6.45, 7) is 0. The van der Waals surface area contributed by atoms with Gasteiger partial charge in [-0.05, 0) is 30.3 Å². The highest BCUT2D eigenvalue weighted by molar-refractivity contribution is 7.99. The fourth-order valence-corrected chi connectivity index (χ4v) is 3.44. The lowest BCUT2D eigenvalue weighted by Gasteiger charge is -2.09. The highest BCUT2D eigenvalue weighted by Gasteiger charge is 2.15. The quantitative estimate of drug-likeness (QED) is 0.586. The second-order valence-corrected chi connectivity index (χ2v) is 7.10. The Kier molecular flexibility index (Phi) is 6.43. The van der Waals surface area contributed by atoms with Gasteiger partial charge < -0.3 is 19.4 Å². The van der Waals surface area contributed by atoms with Crippen LogP contribution in [0.1, 0.15) is 0 Å². The average Bonchev–Trinajstić information content (AvgIpc) is 3.08. The first-order valence-electron chi connectivity index (χ1n) is 8.32. The van der Waals surface area contributed by atoms with E-state index in [1.807, 2.05) is 41.9 Å². The summed E-state index contributed by atoms with van der Waals surface area (Å²) in [5.74, 6) is 1.92. The Morgan fingerprint density at radius 1 is 1.14 bits per heavy atom. The summed E-state index contributed by atoms with van der Waals surface area (Å²) in [5, 5.41) is 12.3. The molecule has 2 aromatic carbocycles. The number of nitrogens with zero attached hydrogens (tertiary/aromatic N) is 3. The second-order valence-electron chi connectivity index (χ2n) is 5.75. The van der Waals surface area contributed by atoms with Gasteiger partial charge in [0.15, 0.2) is 22.5 Å². The van der Waals surface area contributed by atoms with Gasteiger partial charge in [0.05, 0.1) is 30.7 Å². The number of carbonyl (C=O) groups is 1. The summed E-state index contributed by atoms with van der Waals surface area (Å²) in [5.41, 5.74) is 1.42. The number of anilines is 1. The number of hydrogen-bond acceptors (Lipinski definition) is 6. The molecule has 1 N–H and O–H groups in total. The third-order valence-electron chi connectivity index (χ3n) is 3.96. The Morgan fingerprint density at radius 2 is 1.89 bits per heavy atom. The van der Waals surface area contributed by atoms with Gasteiger partial charge in [0.2, 0.25) is 5.91 Å². The fraction of sp³-hybridized carbons (Fsp3) is 0.211. The molecule has 0 atom stereocenters. The molecule has 0 aliphatic heterocycles. The molecule has 1 heterocycles. The van der Waals surface area contributed by atoms with E-state index in [0.717, 1.165) is 5.56 Å². The van der Waals surface area contributed by atoms with Crippen molar-refractivity contribution in [3.63, 3.8) is 0 Å². The molecule has 146 valence electrons. The van der Waals surface area contributed by atoms with Gasteiger partial charge in [0.25, 0.3) is 0 Å². The zero-order valence-electron chi connectivity index (χ0n) is 15.6. The summed E-state index contributed by atoms with van der Waals surface area (Å²) in [7, 11) is 5.01. The Hall–Kier alpha value is -2.71. The van der Waals surface area contributed by atoms with Gasteiger partial charge in [-0.2, -0.15) is 0 Å². The number of methoxy groups -OCH3 is 2. The van der Waals surface area contributed by atoms with Crippen LogP contribution in [0.2, 0.25) is 5.02 Å². The van der Waals surface area contributed by atoms with Crippen LogP contribution in [-0.2, 0) is 11.8 Å². The molecule has 28 heavy (non-hydrogen) atoms. The zero-order valence-corrected chi connectivity index (χ0v) is 17.2. The molecular formula is C19H19ClN4O3S. The number of aromatic nitrogens is 3. The maximum absolute atomic E-state index is 12.2. The first kappa shape index (κ1) is 20.0. The lowest BCUT2D eigenvalue weighted by molar-refractivity contribution is -0.113. The van der Waals surface area contributed by atoms with Crippen LogP contribution < -0.4 is 14.8 Å². The molecule has 3 rings (SSSR count). The molecule has 0 aliphatic carbocycles. The van der Waals surface area contributed by atoms with E-state index < -0.39 is 0 Å². The minimum absolute atomic E-state index is 0.172. The van der Waals surface area contributed by atoms with Crippen LogP contribution in [0, 0.1) is 0 Å². The van der Waals surface area contributed by atoms with Crippen LogP contribution in [0.4, 0.5) is 5.69 Å². The molecular weight excluding hydrogens is 400 g/mol. The highest BCUT2D eigenvalue weighted by Crippen LogP contribution is 2.32. The van der Waals surface area contributed by atoms with Crippen LogP contribution in [0.5, 0.6) is 11.5 Å². The van der Waals surface area contributed by atoms with E-state index in [0.29, 0.717) is 33.2 Å². The van der Waals surface area contributed by atoms with Gasteiger partial charge in [0.1, 0.15) is 0 Å². The lowest BCUT2D eigenvalue weighted by Crippen LogP contribution is -2.14. The number of rotatable bonds is 7. The SMILES string of the molecule is COc1ccc(-c2nnc(SCC(=O)Nc3ccccc3Cl)n2C)cc1OC. The molecule has 3 aromatic rings. The van der Waals surface area contributed by atoms with Crippen molar-refractivity contribution >= 4 is 35.0 Å². The number of nitrogens with one attached hydrogen (secondary N) is 1. The van der Waals surface area contributed by atoms with Crippen molar-refractivity contribution in [3.05, 3.63) is 47.5 Å². The molecule has 9 heteroatoms. The van der Waals surface area contributed by atoms with Crippen molar-refractivity contribution in [1.29, 1.82) is 0 Å². The number of halogens is 1. The normalized spacial score (nSPS) is 10.6. The summed E-state index contributed by atoms with van der Waals surface area (Å²) in [6, 6.07) is 12.6. The molecule has 0 fully saturated rings. The number of benzene rings is 2. The first-order valence-corrected chi connectivity index (χ1v) is 9.68. The zero-order chi connectivity index (χ0) is 20.1. The van der Waals surface area contributed by atoms with Crippen LogP contribution in [0.15, 0.2) is 47.6 Å². The van der Waals surface area contributed by atoms with Gasteiger partial charge in [-0.1, -0.05) is 35.5 Å². The third-order valence-corrected chi connectivity index (χ3v) is 5.31. The molecule has 1 amide bonds. The summed E-state index contributed by atoms with van der Waals surface area (Å²) in [4.78, 5) is 12.2. The molecule has 0 saturated heterocycles. The molecule has 0 aliphatic rings. The van der Waals surface area contributed by atoms with E-state index in [4.69, 9.17) is 21.1 Å². The van der Waals surface area contributed by atoms with Crippen molar-refractivity contribution in [2.24, 2.45) is 7.05 Å². The number of thioether (sulfide) groups is 1. The maximum Gasteiger partial charge on any atom is 0.234 e. The Bertz CT molecular complexity index is 993. The van der Waals surface area contributed by atoms with E-state index in [1.165, 1.54) is 11.8 Å². The molecule has 0 saturated carbocycles. The molecule has 0 spiro atoms. The van der Waals surface area contributed by atoms with E-state index >= 15 is 0 Å². The third kappa shape index (κ3) is 4.40. The summed E-state index contributed by atoms with van der Waals surface area (Å²) in [6.07, 6.45) is 0. The topological polar surface area (TPSA) is 78.3 Å². The second kappa shape index (κ2) is 8.99. The van der Waals surface area contributed by atoms with Gasteiger partial charge in [-0.15, -0.1) is 10.2 Å². The average molecular weight is 419 g/mol. The first-order chi connectivity index (χ1) is 13.5. The predicted octanol–water partition coefficient (Wildman–Crippen LogP) is 3.88. The molecule has 7 nitrogen and oxygen atoms in total. The van der Waals surface area contributed by atoms with E-state index in [-0.39, 0.29) is 11.7 Å². The van der Waals surface area contributed by atoms with Crippen LogP contribution in [0.3, 0.4) is 0 Å². The molecule has 1 aromatic heterocycles. The Balaban J connectivity index is 1.70. The highest BCUT2D eigenvalue weighted by atomic mass is 35.5. The van der Waals surface area contributed by atoms with Crippen LogP contribution in [-0.4, -0.2) is 40.6 Å². The van der Waals surface area contributed by atoms with E-state index in [2.05, 4.69) is 15.5 Å². The van der Waals surface area contributed by atoms with Gasteiger partial charge in [-0.3, -0.25) is 4.79 Å². The fourth-order valence-electron chi connectivity index (χ4n) is 2.55. The van der Waals surface area contributed by atoms with Crippen molar-refractivity contribution < 1.29 is 14.3 Å². The minimum atomic E-state index is -0.172. The molecule has 0 unspecified atom stereocenters. The summed E-state index contributed by atoms with van der Waals surface area (Å²) < 4.78 is 12.4. The number of amides is 1. The van der Waals surface area contributed by atoms with Crippen LogP contribution in [0.25, 0.3) is 11.4 Å². The maximum atomic E-state index is 12.2. The summed E-state index contributed by atoms with van der Waals surface area (Å²) >= 11 is 7.35. The number of hydrogen-bond donors (Lipinski definition) is 1. The minimum Gasteiger partial charge on any atom is -0.493 e. The van der Waals surface area contributed by atoms with Crippen molar-refractivity contribution in [2.45, 2.75) is 5.16 Å². The number of para-hydroxylation sites is 1. The smallest absolute Gasteiger partial charge is 0.234 e. The predicted molar refractivity (Wildman–Crippen MR) is 110 cm³/mol. The number of ether oxygens (including phenoxy) is 2. The lowest BCUT2D eigenvalue weighted by atomic mass is 10.2. The van der Waals surface area contributed by atoms with E-state index in [1.54, 1.807) is 26.4 Å². The Labute approximate surface area is 172 Å². The standard InChI is InChI=1S/C19H19ClN4O3S/c1-24-18(12-8-9-15(26-2)16(10-12)27-3)22-23-19(24)28-11-17(25)21-14-7-5-4-6-13(14)20/h4-10H,11H2,1-3H3,(H,21,25). The number of carbonyl (C=O) groups excluding carboxylic acids is 1. The van der Waals surface area contributed by atoms with E-state index in [9.17, 15) is 4.79 Å². The van der Waals surface area contributed by atoms with Gasteiger partial charge in [-0.25, -0.2) is 0 Å². The van der Waals surface area contributed by atoms with Crippen LogP contribution >= 0.6 is 23.4 Å². The van der Waals surface area contributed by atoms with Gasteiger partial charge in [0, 0.05) is 12.6 Å². The monoisotopic (exact) mass is 418 g/mol. The van der Waals surface area contributed by atoms with Crippen molar-refractivity contribution in [3.8, 4) is 22.9 Å². The Morgan fingerprint density at radius 3 is 2.61 bits per heavy atom. The molecule has 0 bridgehead atoms. The molecule has 0 radical (unpaired) electrons. The van der Waals surface area contributed by atoms with Gasteiger partial charge >= 0.3 is 0 Å².